The highest BCUT2D eigenvalue weighted by Gasteiger charge is 2.55. The summed E-state index contributed by atoms with van der Waals surface area (Å²) in [7, 11) is 23.7. The summed E-state index contributed by atoms with van der Waals surface area (Å²) in [6, 6.07) is 12.7. The fourth-order valence-electron chi connectivity index (χ4n) is 4.93. The van der Waals surface area contributed by atoms with Crippen LogP contribution in [0.4, 0.5) is 0 Å². The van der Waals surface area contributed by atoms with Gasteiger partial charge in [0.1, 0.15) is 26.8 Å². The Morgan fingerprint density at radius 1 is 0.947 bits per heavy atom. The van der Waals surface area contributed by atoms with E-state index in [0.29, 0.717) is 36.6 Å². The standard InChI is InChI=1S/C25H21B4N3O6/c26-24(27)14-25(28,23(36)32(29)22(24)35)31-11-18-17(21(31)34)2-1-3-19(18)38-12-16-6-4-15(5-7-16)10-30-8-9-37-13-20(30)33/h1-7H,8-14H2. The Bertz CT molecular complexity index is 1320. The van der Waals surface area contributed by atoms with Gasteiger partial charge in [0.25, 0.3) is 5.91 Å². The number of benzene rings is 2. The second-order valence-corrected chi connectivity index (χ2v) is 9.77. The van der Waals surface area contributed by atoms with Gasteiger partial charge in [-0.25, -0.2) is 0 Å². The zero-order valence-electron chi connectivity index (χ0n) is 20.6. The van der Waals surface area contributed by atoms with Crippen molar-refractivity contribution in [2.45, 2.75) is 36.8 Å². The molecule has 1 atom stereocenters. The number of rotatable bonds is 6. The second-order valence-electron chi connectivity index (χ2n) is 9.77. The van der Waals surface area contributed by atoms with Gasteiger partial charge >= 0.3 is 0 Å². The molecule has 4 amide bonds. The molecule has 2 aromatic carbocycles. The number of imide groups is 1. The lowest BCUT2D eigenvalue weighted by atomic mass is 9.44. The predicted octanol–water partition coefficient (Wildman–Crippen LogP) is -0.259. The minimum Gasteiger partial charge on any atom is -0.489 e. The summed E-state index contributed by atoms with van der Waals surface area (Å²) in [5, 5.41) is -2.02. The fourth-order valence-corrected chi connectivity index (χ4v) is 4.93. The van der Waals surface area contributed by atoms with E-state index in [4.69, 9.17) is 41.0 Å². The van der Waals surface area contributed by atoms with E-state index in [9.17, 15) is 19.2 Å². The first-order chi connectivity index (χ1) is 18.0. The van der Waals surface area contributed by atoms with E-state index in [-0.39, 0.29) is 30.5 Å². The second kappa shape index (κ2) is 9.69. The topological polar surface area (TPSA) is 96.5 Å². The quantitative estimate of drug-likeness (QED) is 0.399. The SMILES string of the molecule is [B]N1C(=O)C([B])([B])CC([B])(N2Cc3c(OCc4ccc(CN5CCOCC5=O)cc4)cccc3C2=O)C1=O. The molecule has 1 unspecified atom stereocenters. The number of piperidine rings is 1. The number of carbonyl (C=O) groups is 4. The summed E-state index contributed by atoms with van der Waals surface area (Å²) >= 11 is 0. The summed E-state index contributed by atoms with van der Waals surface area (Å²) < 4.78 is 11.2. The van der Waals surface area contributed by atoms with Crippen LogP contribution in [-0.4, -0.2) is 95.0 Å². The zero-order valence-corrected chi connectivity index (χ0v) is 20.6. The summed E-state index contributed by atoms with van der Waals surface area (Å²) in [6.45, 7) is 1.86. The Morgan fingerprint density at radius 3 is 2.37 bits per heavy atom. The van der Waals surface area contributed by atoms with E-state index in [1.807, 2.05) is 24.3 Å². The number of ether oxygens (including phenoxy) is 2. The van der Waals surface area contributed by atoms with Crippen molar-refractivity contribution in [3.05, 3.63) is 64.7 Å². The maximum atomic E-state index is 13.3. The molecule has 9 nitrogen and oxygen atoms in total. The Balaban J connectivity index is 1.29. The van der Waals surface area contributed by atoms with Crippen molar-refractivity contribution in [2.75, 3.05) is 19.8 Å². The van der Waals surface area contributed by atoms with Gasteiger partial charge in [-0.1, -0.05) is 30.3 Å². The molecule has 5 rings (SSSR count). The third-order valence-corrected chi connectivity index (χ3v) is 7.05. The molecule has 0 aliphatic carbocycles. The molecule has 2 aromatic rings. The minimum absolute atomic E-state index is 0.0336. The smallest absolute Gasteiger partial charge is 0.254 e. The van der Waals surface area contributed by atoms with Crippen molar-refractivity contribution >= 4 is 55.1 Å². The van der Waals surface area contributed by atoms with Crippen molar-refractivity contribution in [3.63, 3.8) is 0 Å². The highest BCUT2D eigenvalue weighted by molar-refractivity contribution is 6.56. The molecule has 2 fully saturated rings. The molecular weight excluding hydrogens is 482 g/mol. The molecule has 3 aliphatic rings. The Morgan fingerprint density at radius 2 is 1.66 bits per heavy atom. The van der Waals surface area contributed by atoms with E-state index < -0.39 is 34.8 Å². The number of nitrogens with zero attached hydrogens (tertiary/aromatic N) is 3. The number of morpholine rings is 1. The average molecular weight is 503 g/mol. The van der Waals surface area contributed by atoms with Crippen LogP contribution in [-0.2, 0) is 38.8 Å². The molecule has 13 heteroatoms. The summed E-state index contributed by atoms with van der Waals surface area (Å²) in [5.74, 6) is -2.08. The van der Waals surface area contributed by atoms with Gasteiger partial charge in [0.15, 0.2) is 0 Å². The molecular formula is C25H21B4N3O6. The van der Waals surface area contributed by atoms with E-state index >= 15 is 0 Å². The van der Waals surface area contributed by atoms with E-state index in [2.05, 4.69) is 0 Å². The number of hydrogen-bond acceptors (Lipinski definition) is 6. The summed E-state index contributed by atoms with van der Waals surface area (Å²) in [4.78, 5) is 53.5. The van der Waals surface area contributed by atoms with E-state index in [1.54, 1.807) is 23.1 Å². The first-order valence-corrected chi connectivity index (χ1v) is 12.0. The van der Waals surface area contributed by atoms with Crippen LogP contribution < -0.4 is 4.74 Å². The van der Waals surface area contributed by atoms with Crippen LogP contribution in [0.5, 0.6) is 5.75 Å². The normalized spacial score (nSPS) is 23.1. The van der Waals surface area contributed by atoms with Gasteiger partial charge in [-0.3, -0.25) is 19.2 Å². The highest BCUT2D eigenvalue weighted by Crippen LogP contribution is 2.43. The van der Waals surface area contributed by atoms with Gasteiger partial charge in [-0.15, -0.1) is 0 Å². The molecule has 2 saturated heterocycles. The zero-order chi connectivity index (χ0) is 27.2. The largest absolute Gasteiger partial charge is 0.489 e. The van der Waals surface area contributed by atoms with Crippen molar-refractivity contribution in [2.24, 2.45) is 0 Å². The summed E-state index contributed by atoms with van der Waals surface area (Å²) in [6.07, 6.45) is -0.496. The average Bonchev–Trinajstić information content (AvgIpc) is 3.25. The van der Waals surface area contributed by atoms with Crippen molar-refractivity contribution < 1.29 is 28.7 Å². The lowest BCUT2D eigenvalue weighted by Gasteiger charge is -2.50. The van der Waals surface area contributed by atoms with Crippen molar-refractivity contribution in [1.29, 1.82) is 0 Å². The molecule has 0 bridgehead atoms. The van der Waals surface area contributed by atoms with Crippen LogP contribution in [0.2, 0.25) is 5.21 Å². The van der Waals surface area contributed by atoms with Gasteiger partial charge in [-0.05, 0) is 34.9 Å². The molecule has 184 valence electrons. The van der Waals surface area contributed by atoms with Crippen LogP contribution in [0.1, 0.15) is 33.5 Å². The van der Waals surface area contributed by atoms with Crippen LogP contribution in [0.3, 0.4) is 0 Å². The maximum absolute atomic E-state index is 13.3. The Kier molecular flexibility index (Phi) is 6.67. The predicted molar refractivity (Wildman–Crippen MR) is 138 cm³/mol. The molecule has 0 saturated carbocycles. The van der Waals surface area contributed by atoms with Gasteiger partial charge in [0, 0.05) is 24.2 Å². The Hall–Kier alpha value is -3.46. The molecule has 3 aliphatic heterocycles. The van der Waals surface area contributed by atoms with Gasteiger partial charge in [-0.2, -0.15) is 0 Å². The molecule has 38 heavy (non-hydrogen) atoms. The number of carbonyl (C=O) groups excluding carboxylic acids is 4. The maximum Gasteiger partial charge on any atom is 0.254 e. The van der Waals surface area contributed by atoms with Crippen LogP contribution >= 0.6 is 0 Å². The van der Waals surface area contributed by atoms with Gasteiger partial charge in [0.2, 0.25) is 25.7 Å². The van der Waals surface area contributed by atoms with Crippen LogP contribution in [0.25, 0.3) is 0 Å². The first-order valence-electron chi connectivity index (χ1n) is 12.0. The molecule has 0 aromatic heterocycles. The highest BCUT2D eigenvalue weighted by atomic mass is 16.5. The number of fused-ring (bicyclic) bond motifs is 1. The third-order valence-electron chi connectivity index (χ3n) is 7.05. The van der Waals surface area contributed by atoms with Crippen molar-refractivity contribution in [3.8, 4) is 5.75 Å². The molecule has 0 N–H and O–H groups in total. The summed E-state index contributed by atoms with van der Waals surface area (Å²) in [5.41, 5.74) is 0.701. The minimum atomic E-state index is -2.02. The monoisotopic (exact) mass is 503 g/mol. The molecule has 8 radical (unpaired) electrons. The van der Waals surface area contributed by atoms with Gasteiger partial charge in [0.05, 0.1) is 34.3 Å². The Labute approximate surface area is 225 Å². The van der Waals surface area contributed by atoms with Crippen LogP contribution in [0, 0.1) is 0 Å². The lowest BCUT2D eigenvalue weighted by Crippen LogP contribution is -2.67. The fraction of sp³-hybridized carbons (Fsp3) is 0.360. The van der Waals surface area contributed by atoms with Crippen molar-refractivity contribution in [1.82, 2.24) is 14.6 Å². The van der Waals surface area contributed by atoms with Gasteiger partial charge < -0.3 is 24.1 Å². The molecule has 3 heterocycles. The third kappa shape index (κ3) is 4.53. The number of amides is 4. The molecule has 0 spiro atoms. The number of hydrogen-bond donors (Lipinski definition) is 0. The van der Waals surface area contributed by atoms with Crippen LogP contribution in [0.15, 0.2) is 42.5 Å². The van der Waals surface area contributed by atoms with E-state index in [1.165, 1.54) is 0 Å². The lowest BCUT2D eigenvalue weighted by molar-refractivity contribution is -0.148. The first kappa shape index (κ1) is 26.2. The van der Waals surface area contributed by atoms with E-state index in [0.717, 1.165) is 16.0 Å².